The normalized spacial score (nSPS) is 14.3. The van der Waals surface area contributed by atoms with Crippen molar-refractivity contribution in [2.75, 3.05) is 0 Å². The Morgan fingerprint density at radius 1 is 1.19 bits per heavy atom. The van der Waals surface area contributed by atoms with Crippen LogP contribution in [0, 0.1) is 11.3 Å². The number of phenols is 1. The van der Waals surface area contributed by atoms with E-state index >= 15 is 0 Å². The van der Waals surface area contributed by atoms with Gasteiger partial charge < -0.3 is 26.6 Å². The molecule has 27 heavy (non-hydrogen) atoms. The number of aliphatic carboxylic acids is 1. The fraction of sp³-hybridized carbons (Fsp3) is 0.444. The summed E-state index contributed by atoms with van der Waals surface area (Å²) in [5, 5.41) is 31.7. The molecule has 0 saturated heterocycles. The molecule has 9 heteroatoms. The van der Waals surface area contributed by atoms with E-state index in [1.807, 2.05) is 0 Å². The topological polar surface area (TPSA) is 166 Å². The molecule has 0 heterocycles. The number of phenolic OH excluding ortho intramolecular Hbond substituents is 1. The van der Waals surface area contributed by atoms with Crippen molar-refractivity contribution >= 4 is 17.8 Å². The molecule has 0 saturated carbocycles. The number of carboxylic acids is 1. The van der Waals surface area contributed by atoms with E-state index in [1.54, 1.807) is 32.0 Å². The summed E-state index contributed by atoms with van der Waals surface area (Å²) in [5.74, 6) is -2.41. The average Bonchev–Trinajstić information content (AvgIpc) is 2.60. The first-order chi connectivity index (χ1) is 12.5. The second-order valence-electron chi connectivity index (χ2n) is 6.76. The lowest BCUT2D eigenvalue weighted by molar-refractivity contribution is -0.137. The molecule has 1 unspecified atom stereocenters. The van der Waals surface area contributed by atoms with Crippen molar-refractivity contribution < 1.29 is 24.6 Å². The van der Waals surface area contributed by atoms with Crippen LogP contribution in [-0.4, -0.2) is 46.1 Å². The highest BCUT2D eigenvalue weighted by atomic mass is 16.4. The standard InChI is InChI=1S/C18H24N4O5/c1-10(16(26)22-12(9-19)8-14(24)25)21-17(27)15(20)18(2,3)11-4-6-13(23)7-5-11/h4-7,10,12,15,23H,8,20H2,1-3H3,(H,21,27)(H,22,26)(H,24,25)/t10-,12?,15+/m0/s1. The monoisotopic (exact) mass is 376 g/mol. The number of aromatic hydroxyl groups is 1. The van der Waals surface area contributed by atoms with Gasteiger partial charge in [-0.3, -0.25) is 14.4 Å². The second-order valence-corrected chi connectivity index (χ2v) is 6.76. The molecule has 0 spiro atoms. The van der Waals surface area contributed by atoms with Crippen LogP contribution in [-0.2, 0) is 19.8 Å². The highest BCUT2D eigenvalue weighted by Gasteiger charge is 2.35. The molecule has 0 bridgehead atoms. The molecule has 1 aromatic carbocycles. The number of hydrogen-bond donors (Lipinski definition) is 5. The van der Waals surface area contributed by atoms with E-state index in [4.69, 9.17) is 16.1 Å². The number of carbonyl (C=O) groups excluding carboxylic acids is 2. The van der Waals surface area contributed by atoms with Crippen LogP contribution in [0.5, 0.6) is 5.75 Å². The smallest absolute Gasteiger partial charge is 0.306 e. The quantitative estimate of drug-likeness (QED) is 0.425. The summed E-state index contributed by atoms with van der Waals surface area (Å²) >= 11 is 0. The maximum atomic E-state index is 12.5. The lowest BCUT2D eigenvalue weighted by atomic mass is 9.77. The Hall–Kier alpha value is -3.12. The molecule has 1 rings (SSSR count). The van der Waals surface area contributed by atoms with Crippen molar-refractivity contribution in [3.05, 3.63) is 29.8 Å². The van der Waals surface area contributed by atoms with Gasteiger partial charge in [-0.05, 0) is 24.6 Å². The molecule has 9 nitrogen and oxygen atoms in total. The van der Waals surface area contributed by atoms with Crippen LogP contribution in [0.2, 0.25) is 0 Å². The Morgan fingerprint density at radius 3 is 2.22 bits per heavy atom. The van der Waals surface area contributed by atoms with Gasteiger partial charge in [-0.2, -0.15) is 5.26 Å². The molecular weight excluding hydrogens is 352 g/mol. The second kappa shape index (κ2) is 9.00. The number of amides is 2. The van der Waals surface area contributed by atoms with Crippen LogP contribution in [0.25, 0.3) is 0 Å². The molecule has 0 radical (unpaired) electrons. The van der Waals surface area contributed by atoms with Gasteiger partial charge in [-0.25, -0.2) is 0 Å². The van der Waals surface area contributed by atoms with Gasteiger partial charge in [0.1, 0.15) is 17.8 Å². The van der Waals surface area contributed by atoms with E-state index in [0.29, 0.717) is 0 Å². The Labute approximate surface area is 157 Å². The van der Waals surface area contributed by atoms with Gasteiger partial charge in [-0.15, -0.1) is 0 Å². The van der Waals surface area contributed by atoms with E-state index in [-0.39, 0.29) is 5.75 Å². The first-order valence-electron chi connectivity index (χ1n) is 8.26. The van der Waals surface area contributed by atoms with Crippen molar-refractivity contribution in [3.8, 4) is 11.8 Å². The molecule has 0 aromatic heterocycles. The number of carbonyl (C=O) groups is 3. The van der Waals surface area contributed by atoms with Crippen LogP contribution in [0.15, 0.2) is 24.3 Å². The number of benzene rings is 1. The highest BCUT2D eigenvalue weighted by Crippen LogP contribution is 2.27. The minimum Gasteiger partial charge on any atom is -0.508 e. The highest BCUT2D eigenvalue weighted by molar-refractivity contribution is 5.90. The van der Waals surface area contributed by atoms with Crippen LogP contribution in [0.1, 0.15) is 32.8 Å². The third-order valence-corrected chi connectivity index (χ3v) is 4.27. The van der Waals surface area contributed by atoms with Crippen LogP contribution in [0.3, 0.4) is 0 Å². The third-order valence-electron chi connectivity index (χ3n) is 4.27. The summed E-state index contributed by atoms with van der Waals surface area (Å²) in [6, 6.07) is 4.76. The molecular formula is C18H24N4O5. The lowest BCUT2D eigenvalue weighted by Crippen LogP contribution is -2.56. The molecule has 2 amide bonds. The van der Waals surface area contributed by atoms with Gasteiger partial charge in [0.05, 0.1) is 18.5 Å². The van der Waals surface area contributed by atoms with Gasteiger partial charge in [0.15, 0.2) is 0 Å². The Balaban J connectivity index is 2.75. The molecule has 0 fully saturated rings. The van der Waals surface area contributed by atoms with Gasteiger partial charge in [0.25, 0.3) is 0 Å². The molecule has 6 N–H and O–H groups in total. The van der Waals surface area contributed by atoms with E-state index in [1.165, 1.54) is 19.1 Å². The first kappa shape index (κ1) is 21.9. The maximum Gasteiger partial charge on any atom is 0.306 e. The molecule has 0 aliphatic rings. The van der Waals surface area contributed by atoms with Gasteiger partial charge in [0, 0.05) is 5.41 Å². The van der Waals surface area contributed by atoms with Gasteiger partial charge in [-0.1, -0.05) is 26.0 Å². The van der Waals surface area contributed by atoms with Gasteiger partial charge in [0.2, 0.25) is 11.8 Å². The number of carboxylic acid groups (broad SMARTS) is 1. The largest absolute Gasteiger partial charge is 0.508 e. The Bertz CT molecular complexity index is 739. The third kappa shape index (κ3) is 5.97. The number of nitrogens with one attached hydrogen (secondary N) is 2. The SMILES string of the molecule is C[C@H](NC(=O)[C@@H](N)C(C)(C)c1ccc(O)cc1)C(=O)NC(C#N)CC(=O)O. The summed E-state index contributed by atoms with van der Waals surface area (Å²) in [5.41, 5.74) is 6.01. The fourth-order valence-corrected chi connectivity index (χ4v) is 2.37. The predicted molar refractivity (Wildman–Crippen MR) is 96.5 cm³/mol. The average molecular weight is 376 g/mol. The van der Waals surface area contributed by atoms with Crippen LogP contribution in [0.4, 0.5) is 0 Å². The number of nitriles is 1. The summed E-state index contributed by atoms with van der Waals surface area (Å²) in [6.07, 6.45) is -0.545. The fourth-order valence-electron chi connectivity index (χ4n) is 2.37. The lowest BCUT2D eigenvalue weighted by Gasteiger charge is -2.32. The summed E-state index contributed by atoms with van der Waals surface area (Å²) < 4.78 is 0. The van der Waals surface area contributed by atoms with E-state index in [2.05, 4.69) is 10.6 Å². The number of rotatable bonds is 8. The zero-order chi connectivity index (χ0) is 20.8. The van der Waals surface area contributed by atoms with Crippen molar-refractivity contribution in [1.82, 2.24) is 10.6 Å². The van der Waals surface area contributed by atoms with Crippen molar-refractivity contribution in [2.45, 2.75) is 50.7 Å². The summed E-state index contributed by atoms with van der Waals surface area (Å²) in [7, 11) is 0. The van der Waals surface area contributed by atoms with Crippen LogP contribution < -0.4 is 16.4 Å². The molecule has 146 valence electrons. The number of nitrogens with zero attached hydrogens (tertiary/aromatic N) is 1. The van der Waals surface area contributed by atoms with Crippen molar-refractivity contribution in [2.24, 2.45) is 5.73 Å². The predicted octanol–water partition coefficient (Wildman–Crippen LogP) is -0.0151. The maximum absolute atomic E-state index is 12.5. The first-order valence-corrected chi connectivity index (χ1v) is 8.26. The van der Waals surface area contributed by atoms with E-state index in [9.17, 15) is 19.5 Å². The minimum atomic E-state index is -1.23. The zero-order valence-electron chi connectivity index (χ0n) is 15.4. The minimum absolute atomic E-state index is 0.0891. The van der Waals surface area contributed by atoms with Gasteiger partial charge >= 0.3 is 5.97 Å². The van der Waals surface area contributed by atoms with E-state index in [0.717, 1.165) is 5.56 Å². The number of hydrogen-bond acceptors (Lipinski definition) is 6. The molecule has 0 aliphatic heterocycles. The van der Waals surface area contributed by atoms with Crippen molar-refractivity contribution in [1.29, 1.82) is 5.26 Å². The van der Waals surface area contributed by atoms with Crippen molar-refractivity contribution in [3.63, 3.8) is 0 Å². The summed E-state index contributed by atoms with van der Waals surface area (Å²) in [4.78, 5) is 35.2. The zero-order valence-corrected chi connectivity index (χ0v) is 15.4. The summed E-state index contributed by atoms with van der Waals surface area (Å²) in [6.45, 7) is 4.92. The molecule has 1 aromatic rings. The number of nitrogens with two attached hydrogens (primary N) is 1. The molecule has 0 aliphatic carbocycles. The van der Waals surface area contributed by atoms with Crippen LogP contribution >= 0.6 is 0 Å². The Kier molecular flexibility index (Phi) is 7.31. The van der Waals surface area contributed by atoms with E-state index < -0.39 is 47.7 Å². The Morgan fingerprint density at radius 2 is 1.74 bits per heavy atom. The molecule has 3 atom stereocenters.